The standard InChI is InChI=1S/2C6H6N2O4.2H2O.Zn/c2*1-2-7-3(5(9)10)4(8-2)6(11)12;;;/h2*1H3,(H,7,8)(H,9,10)(H,11,12);2*1H2;/q;;;;+2. The number of rotatable bonds is 4. The molecule has 0 aliphatic rings. The second-order valence-corrected chi connectivity index (χ2v) is 4.28. The molecule has 0 spiro atoms. The molecule has 0 saturated carbocycles. The van der Waals surface area contributed by atoms with Crippen molar-refractivity contribution in [3.63, 3.8) is 0 Å². The first-order valence-electron chi connectivity index (χ1n) is 6.07. The molecule has 2 heterocycles. The molecule has 0 radical (unpaired) electrons. The molecule has 0 aliphatic carbocycles. The zero-order chi connectivity index (χ0) is 18.6. The molecule has 0 aliphatic heterocycles. The predicted molar refractivity (Wildman–Crippen MR) is 79.0 cm³/mol. The largest absolute Gasteiger partial charge is 2.00 e. The van der Waals surface area contributed by atoms with Crippen LogP contribution in [0.4, 0.5) is 0 Å². The first-order chi connectivity index (χ1) is 11.0. The van der Waals surface area contributed by atoms with E-state index in [4.69, 9.17) is 10.2 Å². The van der Waals surface area contributed by atoms with Crippen molar-refractivity contribution < 1.29 is 70.0 Å². The minimum Gasteiger partial charge on any atom is -0.543 e. The molecule has 0 aromatic carbocycles. The molecule has 14 nitrogen and oxygen atoms in total. The van der Waals surface area contributed by atoms with Crippen molar-refractivity contribution in [1.82, 2.24) is 19.9 Å². The molecule has 15 heteroatoms. The van der Waals surface area contributed by atoms with Gasteiger partial charge in [0.05, 0.1) is 11.9 Å². The molecule has 0 atom stereocenters. The van der Waals surface area contributed by atoms with Crippen LogP contribution in [0.25, 0.3) is 0 Å². The summed E-state index contributed by atoms with van der Waals surface area (Å²) in [5.41, 5.74) is -2.04. The zero-order valence-electron chi connectivity index (χ0n) is 14.1. The first kappa shape index (κ1) is 28.6. The van der Waals surface area contributed by atoms with E-state index in [1.165, 1.54) is 13.8 Å². The second kappa shape index (κ2) is 11.5. The Morgan fingerprint density at radius 1 is 0.778 bits per heavy atom. The van der Waals surface area contributed by atoms with Gasteiger partial charge in [0.15, 0.2) is 11.4 Å². The van der Waals surface area contributed by atoms with Crippen molar-refractivity contribution in [3.05, 3.63) is 34.4 Å². The zero-order valence-corrected chi connectivity index (χ0v) is 17.1. The van der Waals surface area contributed by atoms with Crippen molar-refractivity contribution in [2.75, 3.05) is 0 Å². The molecule has 0 bridgehead atoms. The van der Waals surface area contributed by atoms with Gasteiger partial charge in [-0.1, -0.05) is 0 Å². The van der Waals surface area contributed by atoms with E-state index in [-0.39, 0.29) is 42.1 Å². The third kappa shape index (κ3) is 7.31. The fraction of sp³-hybridized carbons (Fsp3) is 0.167. The van der Waals surface area contributed by atoms with Crippen molar-refractivity contribution in [2.45, 2.75) is 13.8 Å². The Morgan fingerprint density at radius 2 is 1.04 bits per heavy atom. The van der Waals surface area contributed by atoms with Crippen LogP contribution in [-0.4, -0.2) is 54.0 Å². The molecule has 2 aromatic heterocycles. The third-order valence-electron chi connectivity index (χ3n) is 2.46. The third-order valence-corrected chi connectivity index (χ3v) is 2.46. The molecule has 2 aromatic rings. The minimum atomic E-state index is -1.60. The molecule has 0 saturated heterocycles. The molecule has 144 valence electrons. The molecule has 27 heavy (non-hydrogen) atoms. The topological polar surface area (TPSA) is 278 Å². The number of H-pyrrole nitrogens is 2. The van der Waals surface area contributed by atoms with Crippen LogP contribution in [0.2, 0.25) is 0 Å². The van der Waals surface area contributed by atoms with Crippen molar-refractivity contribution in [3.8, 4) is 0 Å². The van der Waals surface area contributed by atoms with Gasteiger partial charge >= 0.3 is 31.4 Å². The van der Waals surface area contributed by atoms with Gasteiger partial charge in [0.2, 0.25) is 0 Å². The van der Waals surface area contributed by atoms with E-state index in [0.717, 1.165) is 0 Å². The SMILES string of the molecule is Cc1nc(C(=O)[O-])c(C(=O)O)[nH]1.Cc1nc(C(=O)[O-])c(C(=O)O)[nH]1.[OH3+].[OH3+].[Zn+2]. The Balaban J connectivity index is -0.000000384. The predicted octanol–water partition coefficient (Wildman–Crippen LogP) is -4.29. The van der Waals surface area contributed by atoms with Crippen LogP contribution in [0.1, 0.15) is 53.6 Å². The maximum absolute atomic E-state index is 10.4. The van der Waals surface area contributed by atoms with Crippen LogP contribution < -0.4 is 10.2 Å². The molecular formula is C12H16N4O10Zn+2. The summed E-state index contributed by atoms with van der Waals surface area (Å²) >= 11 is 0. The number of nitrogens with zero attached hydrogens (tertiary/aromatic N) is 2. The summed E-state index contributed by atoms with van der Waals surface area (Å²) in [7, 11) is 0. The van der Waals surface area contributed by atoms with E-state index >= 15 is 0 Å². The van der Waals surface area contributed by atoms with Crippen LogP contribution in [-0.2, 0) is 30.4 Å². The second-order valence-electron chi connectivity index (χ2n) is 4.28. The number of aryl methyl sites for hydroxylation is 2. The molecule has 0 unspecified atom stereocenters. The van der Waals surface area contributed by atoms with Gasteiger partial charge in [-0.2, -0.15) is 0 Å². The molecule has 0 fully saturated rings. The Morgan fingerprint density at radius 3 is 1.19 bits per heavy atom. The van der Waals surface area contributed by atoms with Crippen LogP contribution in [0.3, 0.4) is 0 Å². The van der Waals surface area contributed by atoms with Crippen molar-refractivity contribution >= 4 is 23.9 Å². The first-order valence-corrected chi connectivity index (χ1v) is 6.07. The van der Waals surface area contributed by atoms with E-state index in [1.807, 2.05) is 0 Å². The number of hydrogen-bond donors (Lipinski definition) is 4. The Hall–Kier alpha value is -3.16. The van der Waals surface area contributed by atoms with Crippen molar-refractivity contribution in [2.24, 2.45) is 0 Å². The maximum atomic E-state index is 10.4. The number of carboxylic acids is 4. The summed E-state index contributed by atoms with van der Waals surface area (Å²) in [6, 6.07) is 0. The van der Waals surface area contributed by atoms with Crippen LogP contribution in [0.5, 0.6) is 0 Å². The van der Waals surface area contributed by atoms with Gasteiger partial charge in [-0.25, -0.2) is 19.6 Å². The summed E-state index contributed by atoms with van der Waals surface area (Å²) < 4.78 is 0. The summed E-state index contributed by atoms with van der Waals surface area (Å²) in [5, 5.41) is 37.5. The van der Waals surface area contributed by atoms with E-state index < -0.39 is 46.7 Å². The van der Waals surface area contributed by atoms with Gasteiger partial charge in [0, 0.05) is 0 Å². The van der Waals surface area contributed by atoms with E-state index in [1.54, 1.807) is 0 Å². The molecule has 10 N–H and O–H groups in total. The van der Waals surface area contributed by atoms with Gasteiger partial charge in [0.1, 0.15) is 23.0 Å². The van der Waals surface area contributed by atoms with Gasteiger partial charge in [-0.05, 0) is 13.8 Å². The van der Waals surface area contributed by atoms with E-state index in [0.29, 0.717) is 0 Å². The fourth-order valence-corrected chi connectivity index (χ4v) is 1.59. The number of aromatic amines is 2. The number of carbonyl (C=O) groups excluding carboxylic acids is 2. The number of carboxylic acid groups (broad SMARTS) is 4. The van der Waals surface area contributed by atoms with Gasteiger partial charge in [0.25, 0.3) is 0 Å². The minimum absolute atomic E-state index is 0. The molecular weight excluding hydrogens is 426 g/mol. The summed E-state index contributed by atoms with van der Waals surface area (Å²) in [6.07, 6.45) is 0. The fourth-order valence-electron chi connectivity index (χ4n) is 1.59. The van der Waals surface area contributed by atoms with Gasteiger partial charge in [-0.15, -0.1) is 0 Å². The van der Waals surface area contributed by atoms with Crippen molar-refractivity contribution in [1.29, 1.82) is 0 Å². The normalized spacial score (nSPS) is 8.67. The number of aromatic carboxylic acids is 4. The molecule has 2 rings (SSSR count). The summed E-state index contributed by atoms with van der Waals surface area (Å²) in [4.78, 5) is 52.8. The maximum Gasteiger partial charge on any atom is 2.00 e. The van der Waals surface area contributed by atoms with E-state index in [9.17, 15) is 29.4 Å². The Labute approximate surface area is 162 Å². The Kier molecular flexibility index (Phi) is 12.2. The number of imidazole rings is 2. The number of hydrogen-bond acceptors (Lipinski definition) is 8. The molecule has 0 amide bonds. The summed E-state index contributed by atoms with van der Waals surface area (Å²) in [5.74, 6) is -5.48. The van der Waals surface area contributed by atoms with Crippen LogP contribution in [0, 0.1) is 13.8 Å². The number of carbonyl (C=O) groups is 4. The van der Waals surface area contributed by atoms with Gasteiger partial charge in [-0.3, -0.25) is 0 Å². The number of aromatic nitrogens is 4. The smallest absolute Gasteiger partial charge is 0.543 e. The van der Waals surface area contributed by atoms with Gasteiger partial charge < -0.3 is 50.9 Å². The Bertz CT molecular complexity index is 697. The quantitative estimate of drug-likeness (QED) is 0.261. The summed E-state index contributed by atoms with van der Waals surface area (Å²) in [6.45, 7) is 2.91. The monoisotopic (exact) mass is 440 g/mol. The van der Waals surface area contributed by atoms with E-state index in [2.05, 4.69) is 19.9 Å². The average Bonchev–Trinajstić information content (AvgIpc) is 3.03. The number of nitrogens with one attached hydrogen (secondary N) is 2. The van der Waals surface area contributed by atoms with Crippen LogP contribution in [0.15, 0.2) is 0 Å². The average molecular weight is 442 g/mol. The van der Waals surface area contributed by atoms with Crippen LogP contribution >= 0.6 is 0 Å².